The topological polar surface area (TPSA) is 39.9 Å². The van der Waals surface area contributed by atoms with Crippen molar-refractivity contribution in [3.05, 3.63) is 210 Å². The lowest BCUT2D eigenvalue weighted by molar-refractivity contribution is 0.440. The molecular formula is C53H31N3OS. The molecule has 58 heavy (non-hydrogen) atoms. The molecule has 4 nitrogen and oxygen atoms in total. The Morgan fingerprint density at radius 3 is 1.88 bits per heavy atom. The fourth-order valence-corrected chi connectivity index (χ4v) is 11.0. The molecule has 0 unspecified atom stereocenters. The highest BCUT2D eigenvalue weighted by atomic mass is 32.1. The molecule has 11 aromatic rings. The van der Waals surface area contributed by atoms with Crippen LogP contribution in [0.4, 0.5) is 0 Å². The van der Waals surface area contributed by atoms with E-state index in [1.54, 1.807) is 11.3 Å². The van der Waals surface area contributed by atoms with Gasteiger partial charge in [0.2, 0.25) is 5.95 Å². The van der Waals surface area contributed by atoms with Crippen molar-refractivity contribution >= 4 is 53.4 Å². The lowest BCUT2D eigenvalue weighted by Crippen LogP contribution is -2.32. The molecule has 0 saturated carbocycles. The molecule has 13 rings (SSSR count). The van der Waals surface area contributed by atoms with Gasteiger partial charge in [-0.05, 0) is 51.6 Å². The number of hydrogen-bond donors (Lipinski definition) is 0. The van der Waals surface area contributed by atoms with Crippen LogP contribution in [0.2, 0.25) is 0 Å². The minimum Gasteiger partial charge on any atom is -0.454 e. The van der Waals surface area contributed by atoms with Gasteiger partial charge in [-0.2, -0.15) is 0 Å². The van der Waals surface area contributed by atoms with E-state index < -0.39 is 5.41 Å². The third kappa shape index (κ3) is 4.18. The number of para-hydroxylation sites is 2. The number of hydrogen-bond acceptors (Lipinski definition) is 4. The van der Waals surface area contributed by atoms with Gasteiger partial charge in [-0.1, -0.05) is 170 Å². The number of nitrogens with zero attached hydrogens (tertiary/aromatic N) is 3. The molecule has 1 aliphatic carbocycles. The Bertz CT molecular complexity index is 3440. The number of rotatable bonds is 3. The molecule has 8 aromatic carbocycles. The fraction of sp³-hybridized carbons (Fsp3) is 0.0189. The van der Waals surface area contributed by atoms with E-state index in [0.29, 0.717) is 5.95 Å². The van der Waals surface area contributed by atoms with E-state index in [9.17, 15) is 0 Å². The molecule has 0 bridgehead atoms. The lowest BCUT2D eigenvalue weighted by Gasteiger charge is -2.39. The van der Waals surface area contributed by atoms with Gasteiger partial charge in [-0.3, -0.25) is 4.57 Å². The Morgan fingerprint density at radius 2 is 1.09 bits per heavy atom. The number of aromatic nitrogens is 3. The van der Waals surface area contributed by atoms with Gasteiger partial charge in [0.1, 0.15) is 11.3 Å². The Morgan fingerprint density at radius 1 is 0.466 bits per heavy atom. The van der Waals surface area contributed by atoms with Gasteiger partial charge in [0, 0.05) is 37.5 Å². The first-order chi connectivity index (χ1) is 28.8. The highest BCUT2D eigenvalue weighted by molar-refractivity contribution is 7.26. The summed E-state index contributed by atoms with van der Waals surface area (Å²) in [6.07, 6.45) is 0. The van der Waals surface area contributed by atoms with Crippen molar-refractivity contribution in [2.24, 2.45) is 0 Å². The highest BCUT2D eigenvalue weighted by Gasteiger charge is 2.51. The summed E-state index contributed by atoms with van der Waals surface area (Å²) in [6.45, 7) is 0. The Labute approximate surface area is 337 Å². The molecule has 3 aromatic heterocycles. The molecule has 2 aliphatic rings. The number of fused-ring (bicyclic) bond motifs is 16. The Kier molecular flexibility index (Phi) is 6.49. The molecule has 0 amide bonds. The van der Waals surface area contributed by atoms with Crippen molar-refractivity contribution in [1.29, 1.82) is 0 Å². The minimum absolute atomic E-state index is 0.590. The maximum Gasteiger partial charge on any atom is 0.236 e. The van der Waals surface area contributed by atoms with Crippen LogP contribution < -0.4 is 4.74 Å². The van der Waals surface area contributed by atoms with Crippen LogP contribution >= 0.6 is 11.3 Å². The first-order valence-electron chi connectivity index (χ1n) is 19.7. The number of ether oxygens (including phenoxy) is 1. The highest BCUT2D eigenvalue weighted by Crippen LogP contribution is 2.63. The third-order valence-corrected chi connectivity index (χ3v) is 13.5. The van der Waals surface area contributed by atoms with Crippen molar-refractivity contribution in [2.45, 2.75) is 5.41 Å². The zero-order chi connectivity index (χ0) is 38.0. The van der Waals surface area contributed by atoms with Gasteiger partial charge in [-0.15, -0.1) is 11.3 Å². The van der Waals surface area contributed by atoms with E-state index in [4.69, 9.17) is 14.7 Å². The van der Waals surface area contributed by atoms with Gasteiger partial charge < -0.3 is 4.74 Å². The first kappa shape index (κ1) is 31.8. The predicted molar refractivity (Wildman–Crippen MR) is 238 cm³/mol. The van der Waals surface area contributed by atoms with Crippen LogP contribution in [0.5, 0.6) is 11.5 Å². The fourth-order valence-electron chi connectivity index (χ4n) is 9.90. The quantitative estimate of drug-likeness (QED) is 0.180. The molecule has 0 N–H and O–H groups in total. The minimum atomic E-state index is -0.590. The molecular weight excluding hydrogens is 727 g/mol. The number of benzene rings is 8. The standard InChI is InChI=1S/C53H31N3OS/c1-2-14-32(15-3-1)33-26-28-34(29-27-33)47-51-48(39-19-7-13-25-46(39)58-51)55-52(54-47)56-44-23-11-6-18-37(44)38-30-31-43-50(49(38)56)57-45-24-12-10-22-42(45)53(43)40-20-8-4-16-35(40)36-17-5-9-21-41(36)53/h1-31H. The molecule has 270 valence electrons. The predicted octanol–water partition coefficient (Wildman–Crippen LogP) is 13.7. The van der Waals surface area contributed by atoms with E-state index in [1.165, 1.54) is 38.1 Å². The summed E-state index contributed by atoms with van der Waals surface area (Å²) in [5.41, 5.74) is 13.9. The van der Waals surface area contributed by atoms with Crippen molar-refractivity contribution in [3.8, 4) is 51.0 Å². The van der Waals surface area contributed by atoms with Crippen LogP contribution in [0.3, 0.4) is 0 Å². The number of thiophene rings is 1. The summed E-state index contributed by atoms with van der Waals surface area (Å²) in [7, 11) is 0. The van der Waals surface area contributed by atoms with Crippen molar-refractivity contribution < 1.29 is 4.74 Å². The van der Waals surface area contributed by atoms with E-state index in [-0.39, 0.29) is 0 Å². The van der Waals surface area contributed by atoms with Crippen LogP contribution in [0.25, 0.3) is 81.6 Å². The summed E-state index contributed by atoms with van der Waals surface area (Å²) >= 11 is 1.75. The van der Waals surface area contributed by atoms with E-state index in [1.807, 2.05) is 0 Å². The van der Waals surface area contributed by atoms with Crippen molar-refractivity contribution in [1.82, 2.24) is 14.5 Å². The average molecular weight is 758 g/mol. The summed E-state index contributed by atoms with van der Waals surface area (Å²) in [6, 6.07) is 67.4. The lowest BCUT2D eigenvalue weighted by atomic mass is 9.66. The molecule has 0 atom stereocenters. The van der Waals surface area contributed by atoms with Crippen molar-refractivity contribution in [2.75, 3.05) is 0 Å². The van der Waals surface area contributed by atoms with Gasteiger partial charge >= 0.3 is 0 Å². The maximum absolute atomic E-state index is 7.24. The van der Waals surface area contributed by atoms with Crippen molar-refractivity contribution in [3.63, 3.8) is 0 Å². The van der Waals surface area contributed by atoms with Crippen LogP contribution in [-0.2, 0) is 5.41 Å². The third-order valence-electron chi connectivity index (χ3n) is 12.3. The van der Waals surface area contributed by atoms with E-state index in [0.717, 1.165) is 71.3 Å². The molecule has 0 fully saturated rings. The van der Waals surface area contributed by atoms with Gasteiger partial charge in [0.25, 0.3) is 0 Å². The molecule has 4 heterocycles. The normalized spacial score (nSPS) is 13.4. The Hall–Kier alpha value is -7.34. The monoisotopic (exact) mass is 757 g/mol. The van der Waals surface area contributed by atoms with Crippen LogP contribution in [-0.4, -0.2) is 14.5 Å². The van der Waals surface area contributed by atoms with Gasteiger partial charge in [0.05, 0.1) is 26.8 Å². The largest absolute Gasteiger partial charge is 0.454 e. The van der Waals surface area contributed by atoms with E-state index >= 15 is 0 Å². The van der Waals surface area contributed by atoms with Gasteiger partial charge in [0.15, 0.2) is 5.75 Å². The van der Waals surface area contributed by atoms with E-state index in [2.05, 4.69) is 193 Å². The smallest absolute Gasteiger partial charge is 0.236 e. The molecule has 0 saturated heterocycles. The van der Waals surface area contributed by atoms with Crippen LogP contribution in [0.1, 0.15) is 22.3 Å². The summed E-state index contributed by atoms with van der Waals surface area (Å²) in [4.78, 5) is 11.1. The zero-order valence-corrected chi connectivity index (χ0v) is 31.9. The van der Waals surface area contributed by atoms with Gasteiger partial charge in [-0.25, -0.2) is 9.97 Å². The molecule has 0 radical (unpaired) electrons. The Balaban J connectivity index is 1.14. The second-order valence-corrected chi connectivity index (χ2v) is 16.3. The molecule has 1 aliphatic heterocycles. The zero-order valence-electron chi connectivity index (χ0n) is 31.1. The molecule has 5 heteroatoms. The summed E-state index contributed by atoms with van der Waals surface area (Å²) in [5, 5.41) is 3.34. The second-order valence-electron chi connectivity index (χ2n) is 15.2. The summed E-state index contributed by atoms with van der Waals surface area (Å²) < 4.78 is 11.8. The van der Waals surface area contributed by atoms with Crippen LogP contribution in [0.15, 0.2) is 188 Å². The molecule has 1 spiro atoms. The first-order valence-corrected chi connectivity index (χ1v) is 20.5. The average Bonchev–Trinajstić information content (AvgIpc) is 3.94. The summed E-state index contributed by atoms with van der Waals surface area (Å²) in [5.74, 6) is 2.29. The maximum atomic E-state index is 7.24. The SMILES string of the molecule is c1ccc(-c2ccc(-c3nc(-n4c5ccccc5c5ccc6c(c54)Oc4ccccc4C64c5ccccc5-c5ccccc54)nc4c3sc3ccccc34)cc2)cc1. The van der Waals surface area contributed by atoms with Crippen LogP contribution in [0, 0.1) is 0 Å². The second kappa shape index (κ2) is 11.8.